The largest absolute Gasteiger partial charge is 0.388 e. The molecule has 0 unspecified atom stereocenters. The summed E-state index contributed by atoms with van der Waals surface area (Å²) in [6.45, 7) is 10.6. The lowest BCUT2D eigenvalue weighted by atomic mass is 9.98. The van der Waals surface area contributed by atoms with E-state index in [9.17, 15) is 5.11 Å². The number of nitrogens with one attached hydrogen (secondary N) is 1. The molecule has 2 N–H and O–H groups in total. The molecule has 1 heterocycles. The molecule has 1 aromatic rings. The van der Waals surface area contributed by atoms with E-state index in [1.807, 2.05) is 26.8 Å². The number of aliphatic hydroxyl groups is 1. The number of aromatic nitrogens is 2. The molecular formula is C14H25N3O. The average molecular weight is 251 g/mol. The Balaban J connectivity index is 2.79. The molecule has 0 aromatic carbocycles. The van der Waals surface area contributed by atoms with Crippen LogP contribution in [-0.2, 0) is 0 Å². The molecule has 4 heteroatoms. The van der Waals surface area contributed by atoms with Gasteiger partial charge in [-0.25, -0.2) is 9.97 Å². The Morgan fingerprint density at radius 3 is 2.39 bits per heavy atom. The number of anilines is 1. The topological polar surface area (TPSA) is 58.0 Å². The number of nitrogens with zero attached hydrogens (tertiary/aromatic N) is 2. The van der Waals surface area contributed by atoms with E-state index in [0.29, 0.717) is 12.5 Å². The van der Waals surface area contributed by atoms with Crippen LogP contribution >= 0.6 is 0 Å². The molecule has 1 rings (SSSR count). The Morgan fingerprint density at radius 2 is 1.89 bits per heavy atom. The summed E-state index contributed by atoms with van der Waals surface area (Å²) in [5, 5.41) is 13.5. The zero-order valence-electron chi connectivity index (χ0n) is 12.1. The van der Waals surface area contributed by atoms with Crippen LogP contribution in [0.5, 0.6) is 0 Å². The minimum atomic E-state index is -0.656. The summed E-state index contributed by atoms with van der Waals surface area (Å²) in [6.07, 6.45) is 1.47. The number of aryl methyl sites for hydroxylation is 1. The fourth-order valence-electron chi connectivity index (χ4n) is 1.70. The lowest BCUT2D eigenvalue weighted by Crippen LogP contribution is -2.35. The predicted octanol–water partition coefficient (Wildman–Crippen LogP) is 2.87. The van der Waals surface area contributed by atoms with Crippen molar-refractivity contribution >= 4 is 5.82 Å². The fraction of sp³-hybridized carbons (Fsp3) is 0.714. The van der Waals surface area contributed by atoms with Crippen molar-refractivity contribution in [3.8, 4) is 0 Å². The van der Waals surface area contributed by atoms with Crippen molar-refractivity contribution < 1.29 is 5.11 Å². The first-order valence-corrected chi connectivity index (χ1v) is 6.72. The first kappa shape index (κ1) is 14.9. The highest BCUT2D eigenvalue weighted by molar-refractivity contribution is 5.36. The lowest BCUT2D eigenvalue weighted by Gasteiger charge is -2.25. The van der Waals surface area contributed by atoms with Crippen LogP contribution in [0.1, 0.15) is 58.0 Å². The first-order valence-electron chi connectivity index (χ1n) is 6.72. The van der Waals surface area contributed by atoms with Crippen molar-refractivity contribution in [3.05, 3.63) is 17.6 Å². The number of hydrogen-bond acceptors (Lipinski definition) is 4. The van der Waals surface area contributed by atoms with Crippen LogP contribution in [0, 0.1) is 6.92 Å². The van der Waals surface area contributed by atoms with Gasteiger partial charge in [0.05, 0.1) is 5.60 Å². The zero-order valence-corrected chi connectivity index (χ0v) is 12.1. The van der Waals surface area contributed by atoms with Crippen LogP contribution < -0.4 is 5.32 Å². The summed E-state index contributed by atoms with van der Waals surface area (Å²) in [4.78, 5) is 8.88. The maximum absolute atomic E-state index is 10.2. The van der Waals surface area contributed by atoms with Gasteiger partial charge in [0.2, 0.25) is 0 Å². The third kappa shape index (κ3) is 3.95. The van der Waals surface area contributed by atoms with Gasteiger partial charge in [-0.1, -0.05) is 27.7 Å². The van der Waals surface area contributed by atoms with Crippen LogP contribution in [0.3, 0.4) is 0 Å². The van der Waals surface area contributed by atoms with E-state index in [0.717, 1.165) is 30.2 Å². The van der Waals surface area contributed by atoms with E-state index in [4.69, 9.17) is 0 Å². The molecular weight excluding hydrogens is 226 g/mol. The minimum absolute atomic E-state index is 0.307. The van der Waals surface area contributed by atoms with Crippen LogP contribution in [-0.4, -0.2) is 27.2 Å². The summed E-state index contributed by atoms with van der Waals surface area (Å²) in [6, 6.07) is 1.91. The Bertz CT molecular complexity index is 387. The maximum Gasteiger partial charge on any atom is 0.133 e. The van der Waals surface area contributed by atoms with Gasteiger partial charge >= 0.3 is 0 Å². The molecule has 0 atom stereocenters. The fourth-order valence-corrected chi connectivity index (χ4v) is 1.70. The van der Waals surface area contributed by atoms with Crippen LogP contribution in [0.2, 0.25) is 0 Å². The van der Waals surface area contributed by atoms with E-state index < -0.39 is 5.60 Å². The normalized spacial score (nSPS) is 11.9. The lowest BCUT2D eigenvalue weighted by molar-refractivity contribution is 0.0456. The van der Waals surface area contributed by atoms with Crippen molar-refractivity contribution in [2.24, 2.45) is 0 Å². The van der Waals surface area contributed by atoms with Gasteiger partial charge in [-0.2, -0.15) is 0 Å². The molecule has 102 valence electrons. The number of hydrogen-bond donors (Lipinski definition) is 2. The van der Waals surface area contributed by atoms with E-state index >= 15 is 0 Å². The highest BCUT2D eigenvalue weighted by Gasteiger charge is 2.21. The summed E-state index contributed by atoms with van der Waals surface area (Å²) in [5.41, 5.74) is 0.296. The second-order valence-corrected chi connectivity index (χ2v) is 5.19. The molecule has 18 heavy (non-hydrogen) atoms. The molecule has 0 saturated carbocycles. The van der Waals surface area contributed by atoms with Crippen molar-refractivity contribution in [2.75, 3.05) is 11.9 Å². The zero-order chi connectivity index (χ0) is 13.8. The highest BCUT2D eigenvalue weighted by Crippen LogP contribution is 2.17. The third-order valence-corrected chi connectivity index (χ3v) is 3.30. The van der Waals surface area contributed by atoms with Crippen molar-refractivity contribution in [1.29, 1.82) is 0 Å². The standard InChI is InChI=1S/C14H25N3O/c1-6-14(18,7-2)9-15-12-8-11(5)16-13(17-12)10(3)4/h8,10,18H,6-7,9H2,1-5H3,(H,15,16,17). The summed E-state index contributed by atoms with van der Waals surface area (Å²) in [5.74, 6) is 1.95. The molecule has 0 amide bonds. The Hall–Kier alpha value is -1.16. The van der Waals surface area contributed by atoms with Gasteiger partial charge in [0.1, 0.15) is 11.6 Å². The Morgan fingerprint density at radius 1 is 1.28 bits per heavy atom. The predicted molar refractivity (Wildman–Crippen MR) is 74.9 cm³/mol. The van der Waals surface area contributed by atoms with Gasteiger partial charge in [0, 0.05) is 24.2 Å². The molecule has 0 aliphatic carbocycles. The van der Waals surface area contributed by atoms with E-state index in [-0.39, 0.29) is 0 Å². The molecule has 4 nitrogen and oxygen atoms in total. The Kier molecular flexibility index (Phi) is 5.08. The van der Waals surface area contributed by atoms with Gasteiger partial charge in [0.15, 0.2) is 0 Å². The number of rotatable bonds is 6. The third-order valence-electron chi connectivity index (χ3n) is 3.30. The molecule has 0 aliphatic rings. The molecule has 0 bridgehead atoms. The van der Waals surface area contributed by atoms with Crippen molar-refractivity contribution in [3.63, 3.8) is 0 Å². The molecule has 0 aliphatic heterocycles. The molecule has 0 spiro atoms. The highest BCUT2D eigenvalue weighted by atomic mass is 16.3. The van der Waals surface area contributed by atoms with E-state index in [1.165, 1.54) is 0 Å². The minimum Gasteiger partial charge on any atom is -0.388 e. The van der Waals surface area contributed by atoms with Gasteiger partial charge in [0.25, 0.3) is 0 Å². The van der Waals surface area contributed by atoms with Crippen molar-refractivity contribution in [2.45, 2.75) is 59.0 Å². The van der Waals surface area contributed by atoms with Crippen LogP contribution in [0.25, 0.3) is 0 Å². The van der Waals surface area contributed by atoms with Crippen LogP contribution in [0.15, 0.2) is 6.07 Å². The summed E-state index contributed by atoms with van der Waals surface area (Å²) in [7, 11) is 0. The first-order chi connectivity index (χ1) is 8.40. The average Bonchev–Trinajstić information content (AvgIpc) is 2.35. The molecule has 0 fully saturated rings. The quantitative estimate of drug-likeness (QED) is 0.816. The molecule has 0 saturated heterocycles. The second-order valence-electron chi connectivity index (χ2n) is 5.19. The summed E-state index contributed by atoms with van der Waals surface area (Å²) < 4.78 is 0. The van der Waals surface area contributed by atoms with Crippen molar-refractivity contribution in [1.82, 2.24) is 9.97 Å². The molecule has 1 aromatic heterocycles. The SMILES string of the molecule is CCC(O)(CC)CNc1cc(C)nc(C(C)C)n1. The van der Waals surface area contributed by atoms with Gasteiger partial charge in [-0.05, 0) is 19.8 Å². The second kappa shape index (κ2) is 6.14. The smallest absolute Gasteiger partial charge is 0.133 e. The van der Waals surface area contributed by atoms with Gasteiger partial charge < -0.3 is 10.4 Å². The summed E-state index contributed by atoms with van der Waals surface area (Å²) >= 11 is 0. The van der Waals surface area contributed by atoms with E-state index in [2.05, 4.69) is 29.1 Å². The Labute approximate surface area is 110 Å². The maximum atomic E-state index is 10.2. The van der Waals surface area contributed by atoms with Gasteiger partial charge in [-0.15, -0.1) is 0 Å². The monoisotopic (exact) mass is 251 g/mol. The van der Waals surface area contributed by atoms with Crippen LogP contribution in [0.4, 0.5) is 5.82 Å². The van der Waals surface area contributed by atoms with Gasteiger partial charge in [-0.3, -0.25) is 0 Å². The van der Waals surface area contributed by atoms with E-state index in [1.54, 1.807) is 0 Å². The molecule has 0 radical (unpaired) electrons.